The fraction of sp³-hybridized carbons (Fsp3) is 0.348. The Hall–Kier alpha value is -3.40. The Bertz CT molecular complexity index is 936. The Kier molecular flexibility index (Phi) is 10.5. The predicted molar refractivity (Wildman–Crippen MR) is 123 cm³/mol. The van der Waals surface area contributed by atoms with Gasteiger partial charge in [-0.15, -0.1) is 0 Å². The first kappa shape index (κ1) is 27.6. The first-order valence-corrected chi connectivity index (χ1v) is 9.96. The zero-order valence-electron chi connectivity index (χ0n) is 19.0. The van der Waals surface area contributed by atoms with E-state index in [4.69, 9.17) is 15.6 Å². The van der Waals surface area contributed by atoms with Crippen molar-refractivity contribution in [1.29, 1.82) is 0 Å². The van der Waals surface area contributed by atoms with Crippen LogP contribution in [0.3, 0.4) is 0 Å². The molecule has 7 nitrogen and oxygen atoms in total. The van der Waals surface area contributed by atoms with E-state index < -0.39 is 17.7 Å². The Morgan fingerprint density at radius 1 is 1.06 bits per heavy atom. The second-order valence-corrected chi connectivity index (χ2v) is 7.45. The zero-order chi connectivity index (χ0) is 25.1. The van der Waals surface area contributed by atoms with Crippen LogP contribution in [0, 0.1) is 0 Å². The van der Waals surface area contributed by atoms with E-state index in [-0.39, 0.29) is 6.92 Å². The van der Waals surface area contributed by atoms with Crippen molar-refractivity contribution in [3.05, 3.63) is 65.7 Å². The Balaban J connectivity index is 0.000000981. The van der Waals surface area contributed by atoms with Crippen LogP contribution in [-0.4, -0.2) is 48.1 Å². The van der Waals surface area contributed by atoms with Crippen LogP contribution in [0.1, 0.15) is 31.9 Å². The van der Waals surface area contributed by atoms with Gasteiger partial charge in [0.2, 0.25) is 0 Å². The van der Waals surface area contributed by atoms with Gasteiger partial charge in [-0.3, -0.25) is 4.99 Å². The van der Waals surface area contributed by atoms with Gasteiger partial charge in [0.1, 0.15) is 17.4 Å². The normalized spacial score (nSPS) is 12.6. The zero-order valence-corrected chi connectivity index (χ0v) is 19.0. The molecule has 0 bridgehead atoms. The molecule has 33 heavy (non-hydrogen) atoms. The number of benzene rings is 2. The monoisotopic (exact) mass is 466 g/mol. The third-order valence-corrected chi connectivity index (χ3v) is 4.00. The summed E-state index contributed by atoms with van der Waals surface area (Å²) < 4.78 is 36.6. The average molecular weight is 467 g/mol. The fourth-order valence-electron chi connectivity index (χ4n) is 2.31. The van der Waals surface area contributed by atoms with Crippen LogP contribution in [0.4, 0.5) is 13.2 Å². The molecule has 0 amide bonds. The van der Waals surface area contributed by atoms with E-state index in [9.17, 15) is 18.0 Å². The van der Waals surface area contributed by atoms with Crippen LogP contribution in [0.15, 0.2) is 64.6 Å². The molecule has 0 spiro atoms. The molecule has 0 aliphatic carbocycles. The lowest BCUT2D eigenvalue weighted by Crippen LogP contribution is -2.37. The minimum absolute atomic E-state index is 0.188. The molecular formula is C23H29F3N4O3. The molecule has 0 aliphatic rings. The van der Waals surface area contributed by atoms with Gasteiger partial charge in [-0.05, 0) is 31.5 Å². The smallest absolute Gasteiger partial charge is 0.386 e. The van der Waals surface area contributed by atoms with Crippen LogP contribution in [-0.2, 0) is 11.3 Å². The van der Waals surface area contributed by atoms with Gasteiger partial charge in [0.15, 0.2) is 5.60 Å². The standard InChI is InChI=1S/C21H26N4O3.C2H3F3/c1-21(2,20(26)27)28-17-11-9-15(10-12-17)13-24-14-18(23-3)25-19(22)16-7-5-4-6-8-16;1-2(3,4)5/h4-12,24H,13-14H2,1-3H3,(H,26,27)(H2,22,23,25);1H3. The number of carboxylic acid groups (broad SMARTS) is 1. The van der Waals surface area contributed by atoms with Crippen molar-refractivity contribution in [2.75, 3.05) is 13.6 Å². The molecule has 2 rings (SSSR count). The molecule has 10 heteroatoms. The molecule has 0 unspecified atom stereocenters. The third-order valence-electron chi connectivity index (χ3n) is 4.00. The van der Waals surface area contributed by atoms with Crippen molar-refractivity contribution in [2.45, 2.75) is 39.1 Å². The second kappa shape index (κ2) is 12.6. The lowest BCUT2D eigenvalue weighted by atomic mass is 10.1. The van der Waals surface area contributed by atoms with Gasteiger partial charge in [0.05, 0.1) is 6.54 Å². The summed E-state index contributed by atoms with van der Waals surface area (Å²) in [5.74, 6) is 0.516. The van der Waals surface area contributed by atoms with Gasteiger partial charge in [-0.25, -0.2) is 9.79 Å². The third kappa shape index (κ3) is 11.7. The first-order valence-electron chi connectivity index (χ1n) is 9.96. The number of amidine groups is 2. The highest BCUT2D eigenvalue weighted by Crippen LogP contribution is 2.19. The summed E-state index contributed by atoms with van der Waals surface area (Å²) in [4.78, 5) is 19.7. The van der Waals surface area contributed by atoms with Gasteiger partial charge >= 0.3 is 12.1 Å². The van der Waals surface area contributed by atoms with E-state index in [1.54, 1.807) is 19.2 Å². The maximum atomic E-state index is 11.1. The average Bonchev–Trinajstić information content (AvgIpc) is 2.73. The molecule has 0 saturated heterocycles. The lowest BCUT2D eigenvalue weighted by molar-refractivity contribution is -0.152. The summed E-state index contributed by atoms with van der Waals surface area (Å²) in [5.41, 5.74) is 6.63. The van der Waals surface area contributed by atoms with E-state index in [0.29, 0.717) is 30.5 Å². The number of aliphatic imine (C=N–C) groups is 2. The van der Waals surface area contributed by atoms with Gasteiger partial charge in [-0.1, -0.05) is 42.5 Å². The largest absolute Gasteiger partial charge is 0.478 e. The van der Waals surface area contributed by atoms with Crippen molar-refractivity contribution in [1.82, 2.24) is 5.32 Å². The van der Waals surface area contributed by atoms with Gasteiger partial charge in [-0.2, -0.15) is 13.2 Å². The molecular weight excluding hydrogens is 437 g/mol. The minimum Gasteiger partial charge on any atom is -0.478 e. The number of ether oxygens (including phenoxy) is 1. The number of halogens is 3. The maximum absolute atomic E-state index is 11.1. The summed E-state index contributed by atoms with van der Waals surface area (Å²) in [7, 11) is 1.68. The number of carboxylic acids is 1. The molecule has 0 fully saturated rings. The van der Waals surface area contributed by atoms with E-state index in [0.717, 1.165) is 11.1 Å². The number of nitrogens with one attached hydrogen (secondary N) is 1. The fourth-order valence-corrected chi connectivity index (χ4v) is 2.31. The van der Waals surface area contributed by atoms with Gasteiger partial charge in [0.25, 0.3) is 0 Å². The molecule has 0 radical (unpaired) electrons. The van der Waals surface area contributed by atoms with Crippen molar-refractivity contribution >= 4 is 17.6 Å². The second-order valence-electron chi connectivity index (χ2n) is 7.45. The molecule has 2 aromatic rings. The molecule has 4 N–H and O–H groups in total. The van der Waals surface area contributed by atoms with Crippen molar-refractivity contribution in [3.8, 4) is 5.75 Å². The van der Waals surface area contributed by atoms with Crippen molar-refractivity contribution in [2.24, 2.45) is 15.7 Å². The Morgan fingerprint density at radius 3 is 2.09 bits per heavy atom. The van der Waals surface area contributed by atoms with Crippen molar-refractivity contribution in [3.63, 3.8) is 0 Å². The maximum Gasteiger partial charge on any atom is 0.386 e. The molecule has 0 aliphatic heterocycles. The summed E-state index contributed by atoms with van der Waals surface area (Å²) in [6.07, 6.45) is -4.00. The highest BCUT2D eigenvalue weighted by Gasteiger charge is 2.29. The SMILES string of the molecule is CC(F)(F)F.CN=C(CNCc1ccc(OC(C)(C)C(=O)O)cc1)N=C(N)c1ccccc1. The topological polar surface area (TPSA) is 109 Å². The highest BCUT2D eigenvalue weighted by atomic mass is 19.4. The molecule has 0 atom stereocenters. The quantitative estimate of drug-likeness (QED) is 0.402. The number of carbonyl (C=O) groups is 1. The van der Waals surface area contributed by atoms with Crippen LogP contribution < -0.4 is 15.8 Å². The van der Waals surface area contributed by atoms with Gasteiger partial charge < -0.3 is 20.9 Å². The van der Waals surface area contributed by atoms with Crippen molar-refractivity contribution < 1.29 is 27.8 Å². The summed E-state index contributed by atoms with van der Waals surface area (Å²) >= 11 is 0. The number of alkyl halides is 3. The summed E-state index contributed by atoms with van der Waals surface area (Å²) in [6.45, 7) is 4.28. The Labute approximate surface area is 191 Å². The first-order chi connectivity index (χ1) is 15.3. The number of hydrogen-bond donors (Lipinski definition) is 3. The molecule has 0 saturated carbocycles. The number of nitrogens with zero attached hydrogens (tertiary/aromatic N) is 2. The van der Waals surface area contributed by atoms with E-state index in [1.165, 1.54) is 13.8 Å². The molecule has 180 valence electrons. The number of hydrogen-bond acceptors (Lipinski definition) is 4. The van der Waals surface area contributed by atoms with E-state index in [2.05, 4.69) is 15.3 Å². The minimum atomic E-state index is -4.00. The molecule has 2 aromatic carbocycles. The van der Waals surface area contributed by atoms with E-state index >= 15 is 0 Å². The molecule has 0 aromatic heterocycles. The highest BCUT2D eigenvalue weighted by molar-refractivity contribution is 6.05. The van der Waals surface area contributed by atoms with Gasteiger partial charge in [0, 0.05) is 26.1 Å². The van der Waals surface area contributed by atoms with Crippen LogP contribution >= 0.6 is 0 Å². The van der Waals surface area contributed by atoms with E-state index in [1.807, 2.05) is 42.5 Å². The Morgan fingerprint density at radius 2 is 1.61 bits per heavy atom. The van der Waals surface area contributed by atoms with Crippen LogP contribution in [0.25, 0.3) is 0 Å². The predicted octanol–water partition coefficient (Wildman–Crippen LogP) is 4.02. The lowest BCUT2D eigenvalue weighted by Gasteiger charge is -2.21. The summed E-state index contributed by atoms with van der Waals surface area (Å²) in [6, 6.07) is 16.8. The van der Waals surface area contributed by atoms with Crippen LogP contribution in [0.2, 0.25) is 0 Å². The number of nitrogens with two attached hydrogens (primary N) is 1. The summed E-state index contributed by atoms with van der Waals surface area (Å²) in [5, 5.41) is 12.4. The van der Waals surface area contributed by atoms with Crippen LogP contribution in [0.5, 0.6) is 5.75 Å². The molecule has 0 heterocycles. The number of aliphatic carboxylic acids is 1. The number of rotatable bonds is 8.